The molecule has 1 fully saturated rings. The van der Waals surface area contributed by atoms with Crippen molar-refractivity contribution in [2.75, 3.05) is 20.2 Å². The fraction of sp³-hybridized carbons (Fsp3) is 0.533. The third-order valence-corrected chi connectivity index (χ3v) is 3.72. The number of rotatable bonds is 4. The molecule has 0 aliphatic carbocycles. The van der Waals surface area contributed by atoms with E-state index in [2.05, 4.69) is 17.0 Å². The van der Waals surface area contributed by atoms with Crippen molar-refractivity contribution in [2.45, 2.75) is 31.7 Å². The lowest BCUT2D eigenvalue weighted by atomic mass is 10.0. The van der Waals surface area contributed by atoms with E-state index in [0.29, 0.717) is 12.6 Å². The zero-order chi connectivity index (χ0) is 13.7. The molecule has 0 radical (unpaired) electrons. The van der Waals surface area contributed by atoms with Crippen molar-refractivity contribution < 1.29 is 9.53 Å². The fourth-order valence-electron chi connectivity index (χ4n) is 2.76. The van der Waals surface area contributed by atoms with E-state index in [1.165, 1.54) is 18.4 Å². The Morgan fingerprint density at radius 2 is 2.05 bits per heavy atom. The van der Waals surface area contributed by atoms with Crippen LogP contribution in [0.15, 0.2) is 24.3 Å². The molecule has 0 bridgehead atoms. The molecule has 1 heterocycles. The Morgan fingerprint density at radius 3 is 2.68 bits per heavy atom. The summed E-state index contributed by atoms with van der Waals surface area (Å²) in [5.74, 6) is 0.610. The number of nitrogens with two attached hydrogens (primary N) is 1. The second-order valence-electron chi connectivity index (χ2n) is 5.08. The summed E-state index contributed by atoms with van der Waals surface area (Å²) in [6.45, 7) is 1.29. The van der Waals surface area contributed by atoms with Crippen molar-refractivity contribution in [2.24, 2.45) is 5.73 Å². The van der Waals surface area contributed by atoms with Gasteiger partial charge < -0.3 is 10.5 Å². The number of amides is 1. The van der Waals surface area contributed by atoms with Crippen molar-refractivity contribution in [1.29, 1.82) is 0 Å². The predicted octanol–water partition coefficient (Wildman–Crippen LogP) is 2.10. The second-order valence-corrected chi connectivity index (χ2v) is 5.08. The molecular weight excluding hydrogens is 240 g/mol. The van der Waals surface area contributed by atoms with E-state index in [1.807, 2.05) is 12.1 Å². The highest BCUT2D eigenvalue weighted by atomic mass is 16.5. The van der Waals surface area contributed by atoms with E-state index >= 15 is 0 Å². The van der Waals surface area contributed by atoms with Gasteiger partial charge >= 0.3 is 0 Å². The smallest absolute Gasteiger partial charge is 0.231 e. The van der Waals surface area contributed by atoms with Crippen molar-refractivity contribution in [1.82, 2.24) is 4.90 Å². The molecule has 4 nitrogen and oxygen atoms in total. The van der Waals surface area contributed by atoms with Crippen LogP contribution in [0.25, 0.3) is 0 Å². The zero-order valence-electron chi connectivity index (χ0n) is 11.5. The first-order valence-corrected chi connectivity index (χ1v) is 6.87. The normalized spacial score (nSPS) is 20.8. The van der Waals surface area contributed by atoms with Gasteiger partial charge in [-0.1, -0.05) is 25.0 Å². The summed E-state index contributed by atoms with van der Waals surface area (Å²) in [4.78, 5) is 13.4. The Labute approximate surface area is 114 Å². The van der Waals surface area contributed by atoms with Gasteiger partial charge in [-0.25, -0.2) is 0 Å². The summed E-state index contributed by atoms with van der Waals surface area (Å²) in [6.07, 6.45) is 4.65. The molecule has 4 heteroatoms. The number of hydrogen-bond donors (Lipinski definition) is 1. The van der Waals surface area contributed by atoms with Gasteiger partial charge in [-0.2, -0.15) is 0 Å². The zero-order valence-corrected chi connectivity index (χ0v) is 11.5. The standard InChI is InChI=1S/C15H22N2O2/c1-19-13-8-6-12(7-9-13)14-5-3-2-4-10-17(14)11-15(16)18/h6-9,14H,2-5,10-11H2,1H3,(H2,16,18). The molecule has 104 valence electrons. The molecule has 1 saturated heterocycles. The minimum atomic E-state index is -0.250. The number of benzene rings is 1. The minimum Gasteiger partial charge on any atom is -0.497 e. The van der Waals surface area contributed by atoms with Gasteiger partial charge in [0.25, 0.3) is 0 Å². The SMILES string of the molecule is COc1ccc(C2CCCCCN2CC(N)=O)cc1. The highest BCUT2D eigenvalue weighted by Gasteiger charge is 2.23. The van der Waals surface area contributed by atoms with Crippen LogP contribution in [0.2, 0.25) is 0 Å². The van der Waals surface area contributed by atoms with Crippen molar-refractivity contribution >= 4 is 5.91 Å². The summed E-state index contributed by atoms with van der Waals surface area (Å²) < 4.78 is 5.18. The van der Waals surface area contributed by atoms with E-state index in [9.17, 15) is 4.79 Å². The highest BCUT2D eigenvalue weighted by molar-refractivity contribution is 5.76. The summed E-state index contributed by atoms with van der Waals surface area (Å²) in [5, 5.41) is 0. The average Bonchev–Trinajstić information content (AvgIpc) is 2.64. The number of primary amides is 1. The van der Waals surface area contributed by atoms with Gasteiger partial charge in [-0.3, -0.25) is 9.69 Å². The highest BCUT2D eigenvalue weighted by Crippen LogP contribution is 2.30. The molecule has 1 unspecified atom stereocenters. The number of carbonyl (C=O) groups excluding carboxylic acids is 1. The van der Waals surface area contributed by atoms with Crippen LogP contribution in [0.3, 0.4) is 0 Å². The molecule has 1 atom stereocenters. The fourth-order valence-corrected chi connectivity index (χ4v) is 2.76. The van der Waals surface area contributed by atoms with Crippen LogP contribution in [0, 0.1) is 0 Å². The lowest BCUT2D eigenvalue weighted by molar-refractivity contribution is -0.119. The first-order chi connectivity index (χ1) is 9.20. The minimum absolute atomic E-state index is 0.250. The average molecular weight is 262 g/mol. The van der Waals surface area contributed by atoms with E-state index in [-0.39, 0.29) is 5.91 Å². The second kappa shape index (κ2) is 6.57. The topological polar surface area (TPSA) is 55.6 Å². The van der Waals surface area contributed by atoms with Gasteiger partial charge in [0.15, 0.2) is 0 Å². The van der Waals surface area contributed by atoms with Gasteiger partial charge in [0.2, 0.25) is 5.91 Å². The molecule has 1 aromatic rings. The Balaban J connectivity index is 2.17. The largest absolute Gasteiger partial charge is 0.497 e. The van der Waals surface area contributed by atoms with Crippen LogP contribution < -0.4 is 10.5 Å². The van der Waals surface area contributed by atoms with Crippen LogP contribution in [0.5, 0.6) is 5.75 Å². The molecule has 1 amide bonds. The van der Waals surface area contributed by atoms with E-state index < -0.39 is 0 Å². The number of carbonyl (C=O) groups is 1. The van der Waals surface area contributed by atoms with Gasteiger partial charge in [-0.05, 0) is 37.1 Å². The summed E-state index contributed by atoms with van der Waals surface area (Å²) in [5.41, 5.74) is 6.60. The lowest BCUT2D eigenvalue weighted by Gasteiger charge is -2.29. The van der Waals surface area contributed by atoms with Crippen molar-refractivity contribution in [3.63, 3.8) is 0 Å². The number of likely N-dealkylation sites (tertiary alicyclic amines) is 1. The number of ether oxygens (including phenoxy) is 1. The first kappa shape index (κ1) is 13.9. The predicted molar refractivity (Wildman–Crippen MR) is 75.0 cm³/mol. The van der Waals surface area contributed by atoms with Gasteiger partial charge in [0.05, 0.1) is 13.7 Å². The lowest BCUT2D eigenvalue weighted by Crippen LogP contribution is -2.36. The molecule has 2 N–H and O–H groups in total. The maximum absolute atomic E-state index is 11.2. The Bertz CT molecular complexity index is 417. The first-order valence-electron chi connectivity index (χ1n) is 6.87. The van der Waals surface area contributed by atoms with Crippen molar-refractivity contribution in [3.8, 4) is 5.75 Å². The van der Waals surface area contributed by atoms with Crippen LogP contribution in [-0.4, -0.2) is 31.0 Å². The molecule has 1 aliphatic heterocycles. The number of methoxy groups -OCH3 is 1. The molecule has 19 heavy (non-hydrogen) atoms. The monoisotopic (exact) mass is 262 g/mol. The Kier molecular flexibility index (Phi) is 4.80. The Hall–Kier alpha value is -1.55. The number of nitrogens with zero attached hydrogens (tertiary/aromatic N) is 1. The van der Waals surface area contributed by atoms with E-state index in [4.69, 9.17) is 10.5 Å². The maximum atomic E-state index is 11.2. The maximum Gasteiger partial charge on any atom is 0.231 e. The quantitative estimate of drug-likeness (QED) is 0.904. The van der Waals surface area contributed by atoms with E-state index in [1.54, 1.807) is 7.11 Å². The summed E-state index contributed by atoms with van der Waals surface area (Å²) in [6, 6.07) is 8.41. The van der Waals surface area contributed by atoms with Crippen LogP contribution in [-0.2, 0) is 4.79 Å². The van der Waals surface area contributed by atoms with Crippen LogP contribution in [0.1, 0.15) is 37.3 Å². The van der Waals surface area contributed by atoms with Gasteiger partial charge in [-0.15, -0.1) is 0 Å². The molecular formula is C15H22N2O2. The molecule has 0 spiro atoms. The molecule has 1 aliphatic rings. The molecule has 0 saturated carbocycles. The van der Waals surface area contributed by atoms with E-state index in [0.717, 1.165) is 25.1 Å². The Morgan fingerprint density at radius 1 is 1.32 bits per heavy atom. The third kappa shape index (κ3) is 3.70. The molecule has 1 aromatic carbocycles. The summed E-state index contributed by atoms with van der Waals surface area (Å²) >= 11 is 0. The summed E-state index contributed by atoms with van der Waals surface area (Å²) in [7, 11) is 1.67. The van der Waals surface area contributed by atoms with Crippen LogP contribution in [0.4, 0.5) is 0 Å². The molecule has 2 rings (SSSR count). The van der Waals surface area contributed by atoms with Crippen molar-refractivity contribution in [3.05, 3.63) is 29.8 Å². The molecule has 0 aromatic heterocycles. The number of hydrogen-bond acceptors (Lipinski definition) is 3. The van der Waals surface area contributed by atoms with Crippen LogP contribution >= 0.6 is 0 Å². The third-order valence-electron chi connectivity index (χ3n) is 3.72. The van der Waals surface area contributed by atoms with Gasteiger partial charge in [0.1, 0.15) is 5.75 Å². The van der Waals surface area contributed by atoms with Gasteiger partial charge in [0, 0.05) is 6.04 Å².